The van der Waals surface area contributed by atoms with E-state index in [1.165, 1.54) is 0 Å². The van der Waals surface area contributed by atoms with E-state index in [9.17, 15) is 15.5 Å². The molecule has 0 bridgehead atoms. The van der Waals surface area contributed by atoms with E-state index in [1.807, 2.05) is 0 Å². The molecule has 0 saturated carbocycles. The molecule has 0 heterocycles. The van der Waals surface area contributed by atoms with Gasteiger partial charge in [-0.3, -0.25) is 0 Å². The van der Waals surface area contributed by atoms with Crippen LogP contribution in [0, 0.1) is 6.92 Å². The molecule has 0 aliphatic rings. The van der Waals surface area contributed by atoms with E-state index in [2.05, 4.69) is 10.7 Å². The molecule has 0 fully saturated rings. The first-order chi connectivity index (χ1) is 5.49. The molecule has 13 heavy (non-hydrogen) atoms. The molecule has 76 valence electrons. The highest BCUT2D eigenvalue weighted by Crippen LogP contribution is 3.04. The highest BCUT2D eigenvalue weighted by Gasteiger charge is 2.62. The maximum absolute atomic E-state index is 12.5. The van der Waals surface area contributed by atoms with Crippen LogP contribution >= 0.6 is 19.7 Å². The molecule has 0 aromatic heterocycles. The summed E-state index contributed by atoms with van der Waals surface area (Å²) in [6.07, 6.45) is 0. The van der Waals surface area contributed by atoms with Crippen molar-refractivity contribution < 1.29 is 15.5 Å². The Morgan fingerprint density at radius 1 is 1.00 bits per heavy atom. The molecule has 0 atom stereocenters. The Bertz CT molecular complexity index is 324. The summed E-state index contributed by atoms with van der Waals surface area (Å²) in [5, 5.41) is 0. The summed E-state index contributed by atoms with van der Waals surface area (Å²) in [6, 6.07) is 3.61. The van der Waals surface area contributed by atoms with E-state index in [-0.39, 0.29) is 0 Å². The maximum atomic E-state index is 12.5. The van der Waals surface area contributed by atoms with Gasteiger partial charge in [0.05, 0.1) is 4.90 Å². The highest BCUT2D eigenvalue weighted by atomic mass is 35.7. The summed E-state index contributed by atoms with van der Waals surface area (Å²) >= 11 is 0. The molecule has 6 heteroatoms. The van der Waals surface area contributed by atoms with Crippen LogP contribution in [-0.2, 0) is 0 Å². The fraction of sp³-hybridized carbons (Fsp3) is 0.143. The minimum Gasteiger partial charge on any atom is -0.107 e. The van der Waals surface area contributed by atoms with Crippen molar-refractivity contribution in [3.8, 4) is 0 Å². The minimum absolute atomic E-state index is 0.613. The quantitative estimate of drug-likeness (QED) is 0.605. The molecule has 0 aliphatic carbocycles. The highest BCUT2D eigenvalue weighted by molar-refractivity contribution is 8.65. The lowest BCUT2D eigenvalue weighted by molar-refractivity contribution is 0.480. The number of halogens is 5. The third-order valence-electron chi connectivity index (χ3n) is 1.47. The molecule has 0 unspecified atom stereocenters. The fourth-order valence-corrected chi connectivity index (χ4v) is 1.75. The molecule has 1 rings (SSSR count). The Hall–Kier alpha value is -0.420. The average Bonchev–Trinajstić information content (AvgIpc) is 1.82. The van der Waals surface area contributed by atoms with Gasteiger partial charge in [-0.1, -0.05) is 17.7 Å². The minimum atomic E-state index is -8.48. The van der Waals surface area contributed by atoms with Gasteiger partial charge in [-0.05, 0) is 19.1 Å². The van der Waals surface area contributed by atoms with Gasteiger partial charge in [0.25, 0.3) is 9.05 Å². The van der Waals surface area contributed by atoms with Crippen LogP contribution in [0.5, 0.6) is 0 Å². The Kier molecular flexibility index (Phi) is 1.76. The molecule has 0 aliphatic heterocycles. The van der Waals surface area contributed by atoms with Gasteiger partial charge in [0.2, 0.25) is 0 Å². The number of benzene rings is 1. The molecular formula is C7H7ClF4S. The van der Waals surface area contributed by atoms with E-state index < -0.39 is 13.9 Å². The number of aryl methyl sites for hydroxylation is 1. The average molecular weight is 235 g/mol. The standard InChI is InChI=1S/C7H7ClF4S/c1-6-2-4-7(5-3-6)13(8,9,10,11)12/h2-5H,1H3. The first kappa shape index (κ1) is 10.7. The monoisotopic (exact) mass is 234 g/mol. The predicted octanol–water partition coefficient (Wildman–Crippen LogP) is 4.92. The zero-order valence-electron chi connectivity index (χ0n) is 6.61. The molecule has 0 spiro atoms. The number of hydrogen-bond donors (Lipinski definition) is 0. The topological polar surface area (TPSA) is 0 Å². The van der Waals surface area contributed by atoms with Gasteiger partial charge in [-0.15, -0.1) is 15.5 Å². The molecule has 0 nitrogen and oxygen atoms in total. The molecular weight excluding hydrogens is 228 g/mol. The SMILES string of the molecule is Cc1ccc(S(F)(F)(F)(F)Cl)cc1. The van der Waals surface area contributed by atoms with E-state index >= 15 is 0 Å². The van der Waals surface area contributed by atoms with Crippen molar-refractivity contribution in [1.29, 1.82) is 0 Å². The Morgan fingerprint density at radius 2 is 1.38 bits per heavy atom. The van der Waals surface area contributed by atoms with Gasteiger partial charge < -0.3 is 0 Å². The van der Waals surface area contributed by atoms with Crippen LogP contribution in [0.4, 0.5) is 15.5 Å². The normalized spacial score (nSPS) is 17.7. The van der Waals surface area contributed by atoms with E-state index in [4.69, 9.17) is 0 Å². The largest absolute Gasteiger partial charge is 0.253 e. The lowest BCUT2D eigenvalue weighted by Crippen LogP contribution is -2.03. The van der Waals surface area contributed by atoms with E-state index in [0.29, 0.717) is 17.7 Å². The van der Waals surface area contributed by atoms with Crippen LogP contribution < -0.4 is 0 Å². The molecule has 0 saturated heterocycles. The van der Waals surface area contributed by atoms with Crippen LogP contribution in [0.25, 0.3) is 0 Å². The zero-order chi connectivity index (χ0) is 10.4. The lowest BCUT2D eigenvalue weighted by atomic mass is 10.2. The second kappa shape index (κ2) is 2.15. The number of hydrogen-bond acceptors (Lipinski definition) is 0. The van der Waals surface area contributed by atoms with Crippen LogP contribution in [0.15, 0.2) is 29.2 Å². The van der Waals surface area contributed by atoms with Crippen molar-refractivity contribution in [2.45, 2.75) is 11.8 Å². The number of rotatable bonds is 1. The van der Waals surface area contributed by atoms with Gasteiger partial charge in [0.1, 0.15) is 0 Å². The molecule has 0 amide bonds. The third kappa shape index (κ3) is 2.77. The third-order valence-corrected chi connectivity index (χ3v) is 3.16. The van der Waals surface area contributed by atoms with Crippen molar-refractivity contribution in [3.05, 3.63) is 29.8 Å². The maximum Gasteiger partial charge on any atom is 0.253 e. The van der Waals surface area contributed by atoms with Gasteiger partial charge in [-0.2, -0.15) is 0 Å². The van der Waals surface area contributed by atoms with Gasteiger partial charge >= 0.3 is 0 Å². The summed E-state index contributed by atoms with van der Waals surface area (Å²) in [4.78, 5) is -1.41. The Balaban J connectivity index is 3.34. The lowest BCUT2D eigenvalue weighted by Gasteiger charge is -2.42. The summed E-state index contributed by atoms with van der Waals surface area (Å²) in [7, 11) is -4.41. The van der Waals surface area contributed by atoms with Gasteiger partial charge in [0, 0.05) is 10.7 Å². The van der Waals surface area contributed by atoms with E-state index in [0.717, 1.165) is 12.1 Å². The Labute approximate surface area is 77.4 Å². The van der Waals surface area contributed by atoms with Crippen molar-refractivity contribution in [2.75, 3.05) is 0 Å². The van der Waals surface area contributed by atoms with Crippen molar-refractivity contribution >= 4 is 19.7 Å². The van der Waals surface area contributed by atoms with Crippen molar-refractivity contribution in [3.63, 3.8) is 0 Å². The van der Waals surface area contributed by atoms with E-state index in [1.54, 1.807) is 6.92 Å². The van der Waals surface area contributed by atoms with Crippen molar-refractivity contribution in [2.24, 2.45) is 0 Å². The van der Waals surface area contributed by atoms with Gasteiger partial charge in [0.15, 0.2) is 0 Å². The fourth-order valence-electron chi connectivity index (χ4n) is 0.795. The molecule has 0 radical (unpaired) electrons. The molecule has 1 aromatic carbocycles. The predicted molar refractivity (Wildman–Crippen MR) is 47.3 cm³/mol. The van der Waals surface area contributed by atoms with Crippen LogP contribution in [0.3, 0.4) is 0 Å². The first-order valence-electron chi connectivity index (χ1n) is 3.30. The first-order valence-corrected chi connectivity index (χ1v) is 6.17. The van der Waals surface area contributed by atoms with Gasteiger partial charge in [-0.25, -0.2) is 0 Å². The summed E-state index contributed by atoms with van der Waals surface area (Å²) < 4.78 is 50.0. The smallest absolute Gasteiger partial charge is 0.107 e. The second-order valence-corrected chi connectivity index (χ2v) is 7.05. The summed E-state index contributed by atoms with van der Waals surface area (Å²) in [5.41, 5.74) is 0.613. The van der Waals surface area contributed by atoms with Crippen LogP contribution in [-0.4, -0.2) is 0 Å². The second-order valence-electron chi connectivity index (χ2n) is 2.78. The Morgan fingerprint density at radius 3 is 1.69 bits per heavy atom. The molecule has 0 N–H and O–H groups in total. The van der Waals surface area contributed by atoms with Crippen molar-refractivity contribution in [1.82, 2.24) is 0 Å². The van der Waals surface area contributed by atoms with Crippen LogP contribution in [0.1, 0.15) is 5.56 Å². The zero-order valence-corrected chi connectivity index (χ0v) is 8.18. The summed E-state index contributed by atoms with van der Waals surface area (Å²) in [5.74, 6) is 0. The van der Waals surface area contributed by atoms with Crippen LogP contribution in [0.2, 0.25) is 0 Å². The molecule has 1 aromatic rings. The summed E-state index contributed by atoms with van der Waals surface area (Å²) in [6.45, 7) is 1.60.